The number of rotatable bonds is 60. The van der Waals surface area contributed by atoms with Gasteiger partial charge in [0.25, 0.3) is 0 Å². The zero-order valence-electron chi connectivity index (χ0n) is 53.7. The standard InChI is InChI=1S/C77H124O6/c1-4-7-10-13-16-19-22-25-28-30-32-33-34-35-36-37-38-39-40-41-42-43-45-46-49-52-55-58-61-64-67-70-76(79)82-73-74(72-81-75(78)69-66-63-60-57-54-51-48-27-24-21-18-15-12-9-6-3)83-77(80)71-68-65-62-59-56-53-50-47-44-31-29-26-23-20-17-14-11-8-5-2/h7,10,16-21,25-29,32-33,35-36,38-39,41-42,44-48,74H,4-6,8-9,11-15,22-24,30-31,34,37,40,43,49-73H2,1-3H3/b10-7-,19-16-,20-17-,21-18-,28-25-,29-26-,33-32-,36-35-,39-38-,42-41-,46-45-,47-44-,48-27-. The number of carbonyl (C=O) groups excluding carboxylic acids is 3. The van der Waals surface area contributed by atoms with E-state index in [1.54, 1.807) is 0 Å². The summed E-state index contributed by atoms with van der Waals surface area (Å²) in [4.78, 5) is 38.4. The zero-order valence-corrected chi connectivity index (χ0v) is 53.7. The summed E-state index contributed by atoms with van der Waals surface area (Å²) in [6.45, 7) is 6.44. The Balaban J connectivity index is 4.42. The molecule has 0 fully saturated rings. The lowest BCUT2D eigenvalue weighted by molar-refractivity contribution is -0.167. The average Bonchev–Trinajstić information content (AvgIpc) is 3.49. The van der Waals surface area contributed by atoms with Crippen molar-refractivity contribution in [1.29, 1.82) is 0 Å². The van der Waals surface area contributed by atoms with Gasteiger partial charge in [0.1, 0.15) is 13.2 Å². The molecular weight excluding hydrogens is 1020 g/mol. The normalized spacial score (nSPS) is 13.1. The molecule has 0 bridgehead atoms. The van der Waals surface area contributed by atoms with E-state index in [2.05, 4.69) is 179 Å². The average molecular weight is 1150 g/mol. The van der Waals surface area contributed by atoms with Crippen molar-refractivity contribution in [2.75, 3.05) is 13.2 Å². The second-order valence-corrected chi connectivity index (χ2v) is 22.0. The molecule has 0 aliphatic rings. The fourth-order valence-corrected chi connectivity index (χ4v) is 8.91. The molecule has 0 rings (SSSR count). The summed E-state index contributed by atoms with van der Waals surface area (Å²) in [7, 11) is 0. The Morgan fingerprint density at radius 1 is 0.253 bits per heavy atom. The number of ether oxygens (including phenoxy) is 3. The largest absolute Gasteiger partial charge is 0.462 e. The first-order valence-corrected chi connectivity index (χ1v) is 34.0. The molecule has 6 nitrogen and oxygen atoms in total. The van der Waals surface area contributed by atoms with Gasteiger partial charge in [-0.1, -0.05) is 275 Å². The summed E-state index contributed by atoms with van der Waals surface area (Å²) in [5, 5.41) is 0. The highest BCUT2D eigenvalue weighted by atomic mass is 16.6. The summed E-state index contributed by atoms with van der Waals surface area (Å²) < 4.78 is 16.9. The molecule has 0 N–H and O–H groups in total. The summed E-state index contributed by atoms with van der Waals surface area (Å²) in [6, 6.07) is 0. The maximum absolute atomic E-state index is 12.9. The van der Waals surface area contributed by atoms with Crippen LogP contribution < -0.4 is 0 Å². The number of allylic oxidation sites excluding steroid dienone is 26. The van der Waals surface area contributed by atoms with E-state index in [0.717, 1.165) is 173 Å². The lowest BCUT2D eigenvalue weighted by atomic mass is 10.1. The van der Waals surface area contributed by atoms with Gasteiger partial charge in [-0.3, -0.25) is 14.4 Å². The summed E-state index contributed by atoms with van der Waals surface area (Å²) in [5.74, 6) is -0.940. The van der Waals surface area contributed by atoms with Crippen molar-refractivity contribution < 1.29 is 28.6 Å². The summed E-state index contributed by atoms with van der Waals surface area (Å²) in [6.07, 6.45) is 101. The van der Waals surface area contributed by atoms with Gasteiger partial charge in [-0.25, -0.2) is 0 Å². The molecule has 0 aromatic rings. The van der Waals surface area contributed by atoms with Crippen molar-refractivity contribution in [3.8, 4) is 0 Å². The van der Waals surface area contributed by atoms with Gasteiger partial charge in [-0.2, -0.15) is 0 Å². The van der Waals surface area contributed by atoms with Crippen molar-refractivity contribution in [1.82, 2.24) is 0 Å². The van der Waals surface area contributed by atoms with Crippen LogP contribution in [-0.4, -0.2) is 37.2 Å². The van der Waals surface area contributed by atoms with E-state index in [1.165, 1.54) is 77.0 Å². The third-order valence-electron chi connectivity index (χ3n) is 14.0. The molecule has 0 aromatic heterocycles. The van der Waals surface area contributed by atoms with Gasteiger partial charge in [0.2, 0.25) is 0 Å². The van der Waals surface area contributed by atoms with Crippen LogP contribution in [0.1, 0.15) is 290 Å². The van der Waals surface area contributed by atoms with E-state index >= 15 is 0 Å². The molecule has 1 unspecified atom stereocenters. The lowest BCUT2D eigenvalue weighted by Crippen LogP contribution is -2.30. The van der Waals surface area contributed by atoms with Crippen LogP contribution >= 0.6 is 0 Å². The minimum atomic E-state index is -0.806. The fraction of sp³-hybridized carbons (Fsp3) is 0.623. The first-order valence-electron chi connectivity index (χ1n) is 34.0. The van der Waals surface area contributed by atoms with Gasteiger partial charge < -0.3 is 14.2 Å². The molecule has 0 heterocycles. The van der Waals surface area contributed by atoms with Gasteiger partial charge in [0.15, 0.2) is 6.10 Å². The Bertz CT molecular complexity index is 1840. The molecule has 83 heavy (non-hydrogen) atoms. The van der Waals surface area contributed by atoms with Crippen LogP contribution in [0.2, 0.25) is 0 Å². The minimum Gasteiger partial charge on any atom is -0.462 e. The van der Waals surface area contributed by atoms with Crippen LogP contribution in [0.5, 0.6) is 0 Å². The predicted molar refractivity (Wildman–Crippen MR) is 362 cm³/mol. The van der Waals surface area contributed by atoms with E-state index in [-0.39, 0.29) is 31.1 Å². The zero-order chi connectivity index (χ0) is 59.9. The second-order valence-electron chi connectivity index (χ2n) is 22.0. The molecule has 0 saturated heterocycles. The van der Waals surface area contributed by atoms with Gasteiger partial charge >= 0.3 is 17.9 Å². The number of hydrogen-bond donors (Lipinski definition) is 0. The fourth-order valence-electron chi connectivity index (χ4n) is 8.91. The quantitative estimate of drug-likeness (QED) is 0.0261. The van der Waals surface area contributed by atoms with E-state index in [9.17, 15) is 14.4 Å². The molecule has 0 aliphatic carbocycles. The van der Waals surface area contributed by atoms with Crippen LogP contribution in [-0.2, 0) is 28.6 Å². The van der Waals surface area contributed by atoms with Crippen molar-refractivity contribution in [3.63, 3.8) is 0 Å². The molecule has 0 amide bonds. The highest BCUT2D eigenvalue weighted by Crippen LogP contribution is 2.14. The number of hydrogen-bond acceptors (Lipinski definition) is 6. The van der Waals surface area contributed by atoms with Crippen LogP contribution in [0.3, 0.4) is 0 Å². The number of unbranched alkanes of at least 4 members (excludes halogenated alkanes) is 23. The number of esters is 3. The lowest BCUT2D eigenvalue weighted by Gasteiger charge is -2.18. The van der Waals surface area contributed by atoms with E-state index in [4.69, 9.17) is 14.2 Å². The highest BCUT2D eigenvalue weighted by molar-refractivity contribution is 5.71. The SMILES string of the molecule is CC/C=C\C/C=C\C/C=C\C/C=C\C/C=C\C/C=C\C/C=C\C/C=C\CCCCCCCCC(=O)OCC(COC(=O)CCCCCCC/C=C\C/C=C\CCCCC)OC(=O)CCCCCCCC/C=C\C/C=C\C/C=C\CCCCC. The molecule has 0 spiro atoms. The summed E-state index contributed by atoms with van der Waals surface area (Å²) >= 11 is 0. The molecule has 0 aromatic carbocycles. The van der Waals surface area contributed by atoms with Crippen molar-refractivity contribution in [2.45, 2.75) is 297 Å². The first kappa shape index (κ1) is 78.0. The van der Waals surface area contributed by atoms with Gasteiger partial charge in [-0.15, -0.1) is 0 Å². The number of carbonyl (C=O) groups is 3. The predicted octanol–water partition coefficient (Wildman–Crippen LogP) is 23.7. The third kappa shape index (κ3) is 67.7. The Hall–Kier alpha value is -4.97. The maximum Gasteiger partial charge on any atom is 0.306 e. The van der Waals surface area contributed by atoms with Crippen molar-refractivity contribution in [3.05, 3.63) is 158 Å². The smallest absolute Gasteiger partial charge is 0.306 e. The maximum atomic E-state index is 12.9. The van der Waals surface area contributed by atoms with E-state index in [1.807, 2.05) is 0 Å². The minimum absolute atomic E-state index is 0.101. The Labute approximate surface area is 511 Å². The van der Waals surface area contributed by atoms with Crippen molar-refractivity contribution in [2.24, 2.45) is 0 Å². The molecule has 6 heteroatoms. The molecule has 0 radical (unpaired) electrons. The topological polar surface area (TPSA) is 78.9 Å². The monoisotopic (exact) mass is 1140 g/mol. The Morgan fingerprint density at radius 2 is 0.470 bits per heavy atom. The summed E-state index contributed by atoms with van der Waals surface area (Å²) in [5.41, 5.74) is 0. The van der Waals surface area contributed by atoms with Gasteiger partial charge in [-0.05, 0) is 154 Å². The van der Waals surface area contributed by atoms with Gasteiger partial charge in [0, 0.05) is 19.3 Å². The second kappa shape index (κ2) is 69.5. The molecule has 0 saturated carbocycles. The van der Waals surface area contributed by atoms with E-state index < -0.39 is 6.10 Å². The third-order valence-corrected chi connectivity index (χ3v) is 14.0. The molecule has 1 atom stereocenters. The van der Waals surface area contributed by atoms with Crippen LogP contribution in [0.4, 0.5) is 0 Å². The molecule has 0 aliphatic heterocycles. The van der Waals surface area contributed by atoms with Gasteiger partial charge in [0.05, 0.1) is 0 Å². The van der Waals surface area contributed by atoms with Crippen LogP contribution in [0.25, 0.3) is 0 Å². The molecular formula is C77H124O6. The Morgan fingerprint density at radius 3 is 0.735 bits per heavy atom. The van der Waals surface area contributed by atoms with Crippen LogP contribution in [0.15, 0.2) is 158 Å². The van der Waals surface area contributed by atoms with E-state index in [0.29, 0.717) is 19.3 Å². The van der Waals surface area contributed by atoms with Crippen molar-refractivity contribution >= 4 is 17.9 Å². The Kier molecular flexibility index (Phi) is 65.4. The first-order chi connectivity index (χ1) is 41.0. The van der Waals surface area contributed by atoms with Crippen LogP contribution in [0, 0.1) is 0 Å². The highest BCUT2D eigenvalue weighted by Gasteiger charge is 2.19. The molecule has 468 valence electrons.